The number of nitrogens with zero attached hydrogens (tertiary/aromatic N) is 2. The van der Waals surface area contributed by atoms with Crippen LogP contribution in [0.25, 0.3) is 0 Å². The van der Waals surface area contributed by atoms with Crippen LogP contribution in [0.15, 0.2) is 77.7 Å². The Morgan fingerprint density at radius 3 is 2.13 bits per heavy atom. The van der Waals surface area contributed by atoms with E-state index in [2.05, 4.69) is 5.32 Å². The number of aryl methyl sites for hydroxylation is 2. The lowest BCUT2D eigenvalue weighted by Gasteiger charge is -2.33. The fourth-order valence-corrected chi connectivity index (χ4v) is 5.70. The van der Waals surface area contributed by atoms with Gasteiger partial charge in [-0.1, -0.05) is 60.5 Å². The van der Waals surface area contributed by atoms with Crippen molar-refractivity contribution in [1.82, 2.24) is 10.2 Å². The second-order valence-corrected chi connectivity index (χ2v) is 11.4. The average molecular weight is 556 g/mol. The molecule has 3 rings (SSSR count). The van der Waals surface area contributed by atoms with Gasteiger partial charge in [0, 0.05) is 18.1 Å². The molecule has 38 heavy (non-hydrogen) atoms. The second kappa shape index (κ2) is 12.9. The van der Waals surface area contributed by atoms with Gasteiger partial charge in [0.2, 0.25) is 11.8 Å². The maximum Gasteiger partial charge on any atom is 0.264 e. The Bertz CT molecular complexity index is 1360. The molecule has 1 N–H and O–H groups in total. The van der Waals surface area contributed by atoms with Crippen LogP contribution in [-0.2, 0) is 26.2 Å². The van der Waals surface area contributed by atoms with E-state index in [0.717, 1.165) is 21.0 Å². The zero-order valence-electron chi connectivity index (χ0n) is 22.1. The van der Waals surface area contributed by atoms with Gasteiger partial charge in [-0.25, -0.2) is 8.42 Å². The number of carbonyl (C=O) groups excluding carboxylic acids is 2. The van der Waals surface area contributed by atoms with Crippen LogP contribution in [0.4, 0.5) is 5.69 Å². The summed E-state index contributed by atoms with van der Waals surface area (Å²) in [5.74, 6) is -0.760. The SMILES string of the molecule is CCNC(=O)[C@@H](CC)N(Cc1ccccc1C)C(=O)CN(c1ccc(C)cc1)S(=O)(=O)c1ccc(Cl)cc1. The number of amides is 2. The quantitative estimate of drug-likeness (QED) is 0.357. The van der Waals surface area contributed by atoms with Crippen molar-refractivity contribution < 1.29 is 18.0 Å². The number of hydrogen-bond donors (Lipinski definition) is 1. The van der Waals surface area contributed by atoms with Crippen molar-refractivity contribution in [1.29, 1.82) is 0 Å². The Kier molecular flexibility index (Phi) is 9.94. The van der Waals surface area contributed by atoms with Crippen LogP contribution >= 0.6 is 11.6 Å². The first-order chi connectivity index (χ1) is 18.1. The number of rotatable bonds is 11. The molecule has 0 heterocycles. The first kappa shape index (κ1) is 29.2. The van der Waals surface area contributed by atoms with Gasteiger partial charge in [-0.15, -0.1) is 0 Å². The molecule has 0 spiro atoms. The maximum absolute atomic E-state index is 14.0. The lowest BCUT2D eigenvalue weighted by molar-refractivity contribution is -0.140. The van der Waals surface area contributed by atoms with Crippen molar-refractivity contribution in [2.75, 3.05) is 17.4 Å². The predicted octanol–water partition coefficient (Wildman–Crippen LogP) is 5.10. The molecule has 2 amide bonds. The van der Waals surface area contributed by atoms with Crippen molar-refractivity contribution in [2.24, 2.45) is 0 Å². The predicted molar refractivity (Wildman–Crippen MR) is 152 cm³/mol. The minimum atomic E-state index is -4.13. The molecule has 0 aliphatic rings. The monoisotopic (exact) mass is 555 g/mol. The van der Waals surface area contributed by atoms with Gasteiger partial charge in [-0.2, -0.15) is 0 Å². The Morgan fingerprint density at radius 1 is 0.921 bits per heavy atom. The molecule has 0 radical (unpaired) electrons. The summed E-state index contributed by atoms with van der Waals surface area (Å²) in [5, 5.41) is 3.21. The van der Waals surface area contributed by atoms with E-state index in [1.807, 2.05) is 52.0 Å². The number of carbonyl (C=O) groups is 2. The summed E-state index contributed by atoms with van der Waals surface area (Å²) in [7, 11) is -4.13. The fraction of sp³-hybridized carbons (Fsp3) is 0.310. The van der Waals surface area contributed by atoms with Crippen LogP contribution in [0.3, 0.4) is 0 Å². The number of anilines is 1. The zero-order valence-corrected chi connectivity index (χ0v) is 23.7. The Balaban J connectivity index is 2.06. The highest BCUT2D eigenvalue weighted by Crippen LogP contribution is 2.26. The van der Waals surface area contributed by atoms with Gasteiger partial charge in [-0.05, 0) is 74.7 Å². The van der Waals surface area contributed by atoms with Crippen molar-refractivity contribution in [3.8, 4) is 0 Å². The van der Waals surface area contributed by atoms with E-state index in [0.29, 0.717) is 23.7 Å². The highest BCUT2D eigenvalue weighted by Gasteiger charge is 2.33. The molecule has 1 atom stereocenters. The summed E-state index contributed by atoms with van der Waals surface area (Å²) in [6.07, 6.45) is 0.373. The van der Waals surface area contributed by atoms with Gasteiger partial charge < -0.3 is 10.2 Å². The lowest BCUT2D eigenvalue weighted by Crippen LogP contribution is -2.52. The third kappa shape index (κ3) is 6.94. The molecule has 0 aliphatic heterocycles. The molecule has 7 nitrogen and oxygen atoms in total. The van der Waals surface area contributed by atoms with Crippen LogP contribution in [0.1, 0.15) is 37.0 Å². The van der Waals surface area contributed by atoms with Crippen LogP contribution in [0, 0.1) is 13.8 Å². The first-order valence-corrected chi connectivity index (χ1v) is 14.4. The summed E-state index contributed by atoms with van der Waals surface area (Å²) in [5.41, 5.74) is 3.15. The van der Waals surface area contributed by atoms with Crippen molar-refractivity contribution in [2.45, 2.75) is 51.6 Å². The Labute approximate surface area is 230 Å². The number of halogens is 1. The summed E-state index contributed by atoms with van der Waals surface area (Å²) < 4.78 is 28.7. The van der Waals surface area contributed by atoms with Gasteiger partial charge >= 0.3 is 0 Å². The van der Waals surface area contributed by atoms with E-state index in [-0.39, 0.29) is 17.3 Å². The molecule has 0 saturated heterocycles. The van der Waals surface area contributed by atoms with E-state index in [4.69, 9.17) is 11.6 Å². The summed E-state index contributed by atoms with van der Waals surface area (Å²) in [4.78, 5) is 28.4. The molecule has 0 saturated carbocycles. The smallest absolute Gasteiger partial charge is 0.264 e. The number of hydrogen-bond acceptors (Lipinski definition) is 4. The van der Waals surface area contributed by atoms with E-state index in [1.54, 1.807) is 24.3 Å². The van der Waals surface area contributed by atoms with E-state index < -0.39 is 28.5 Å². The Hall–Kier alpha value is -3.36. The fourth-order valence-electron chi connectivity index (χ4n) is 4.16. The highest BCUT2D eigenvalue weighted by molar-refractivity contribution is 7.92. The average Bonchev–Trinajstić information content (AvgIpc) is 2.89. The molecule has 0 unspecified atom stereocenters. The molecular weight excluding hydrogens is 522 g/mol. The summed E-state index contributed by atoms with van der Waals surface area (Å²) >= 11 is 5.99. The summed E-state index contributed by atoms with van der Waals surface area (Å²) in [6.45, 7) is 7.60. The van der Waals surface area contributed by atoms with Crippen LogP contribution < -0.4 is 9.62 Å². The molecule has 3 aromatic carbocycles. The Morgan fingerprint density at radius 2 is 1.55 bits per heavy atom. The number of benzene rings is 3. The highest BCUT2D eigenvalue weighted by atomic mass is 35.5. The standard InChI is InChI=1S/C29H34ClN3O4S/c1-5-27(29(35)31-6-2)32(19-23-10-8-7-9-22(23)4)28(34)20-33(25-15-11-21(3)12-16-25)38(36,37)26-17-13-24(30)14-18-26/h7-18,27H,5-6,19-20H2,1-4H3,(H,31,35)/t27-/m1/s1. The molecular formula is C29H34ClN3O4S. The first-order valence-electron chi connectivity index (χ1n) is 12.5. The third-order valence-corrected chi connectivity index (χ3v) is 8.38. The minimum absolute atomic E-state index is 0.0106. The van der Waals surface area contributed by atoms with E-state index in [9.17, 15) is 18.0 Å². The largest absolute Gasteiger partial charge is 0.355 e. The number of likely N-dealkylation sites (N-methyl/N-ethyl adjacent to an activating group) is 1. The third-order valence-electron chi connectivity index (χ3n) is 6.34. The number of sulfonamides is 1. The van der Waals surface area contributed by atoms with Crippen molar-refractivity contribution in [3.05, 3.63) is 94.5 Å². The molecule has 0 fully saturated rings. The molecule has 0 aromatic heterocycles. The minimum Gasteiger partial charge on any atom is -0.355 e. The van der Waals surface area contributed by atoms with Gasteiger partial charge in [0.1, 0.15) is 12.6 Å². The molecule has 9 heteroatoms. The lowest BCUT2D eigenvalue weighted by atomic mass is 10.1. The van der Waals surface area contributed by atoms with Crippen molar-refractivity contribution in [3.63, 3.8) is 0 Å². The van der Waals surface area contributed by atoms with Crippen LogP contribution in [0.2, 0.25) is 5.02 Å². The van der Waals surface area contributed by atoms with E-state index >= 15 is 0 Å². The van der Waals surface area contributed by atoms with Crippen LogP contribution in [-0.4, -0.2) is 44.3 Å². The van der Waals surface area contributed by atoms with Gasteiger partial charge in [0.15, 0.2) is 0 Å². The van der Waals surface area contributed by atoms with Crippen molar-refractivity contribution >= 4 is 39.1 Å². The number of nitrogens with one attached hydrogen (secondary N) is 1. The zero-order chi connectivity index (χ0) is 27.9. The van der Waals surface area contributed by atoms with Gasteiger partial charge in [0.05, 0.1) is 10.6 Å². The van der Waals surface area contributed by atoms with Gasteiger partial charge in [0.25, 0.3) is 10.0 Å². The normalized spacial score (nSPS) is 12.0. The topological polar surface area (TPSA) is 86.8 Å². The molecule has 3 aromatic rings. The molecule has 0 aliphatic carbocycles. The molecule has 0 bridgehead atoms. The maximum atomic E-state index is 14.0. The van der Waals surface area contributed by atoms with Gasteiger partial charge in [-0.3, -0.25) is 13.9 Å². The second-order valence-electron chi connectivity index (χ2n) is 9.07. The van der Waals surface area contributed by atoms with Crippen LogP contribution in [0.5, 0.6) is 0 Å². The summed E-state index contributed by atoms with van der Waals surface area (Å²) in [6, 6.07) is 19.6. The van der Waals surface area contributed by atoms with E-state index in [1.165, 1.54) is 29.2 Å². The molecule has 202 valence electrons.